The quantitative estimate of drug-likeness (QED) is 0.804. The van der Waals surface area contributed by atoms with Gasteiger partial charge in [-0.25, -0.2) is 0 Å². The largest absolute Gasteiger partial charge is 0.340 e. The van der Waals surface area contributed by atoms with Crippen LogP contribution in [-0.2, 0) is 4.79 Å². The molecular weight excluding hydrogens is 224 g/mol. The molecule has 2 fully saturated rings. The van der Waals surface area contributed by atoms with Crippen LogP contribution < -0.4 is 5.32 Å². The van der Waals surface area contributed by atoms with Crippen LogP contribution in [0, 0.1) is 11.8 Å². The molecule has 4 heteroatoms. The third-order valence-electron chi connectivity index (χ3n) is 4.00. The third kappa shape index (κ3) is 2.69. The fraction of sp³-hybridized carbons (Fsp3) is 0.917. The first kappa shape index (κ1) is 13.8. The van der Waals surface area contributed by atoms with Gasteiger partial charge in [0.25, 0.3) is 0 Å². The summed E-state index contributed by atoms with van der Waals surface area (Å²) >= 11 is 0. The van der Waals surface area contributed by atoms with Gasteiger partial charge in [-0.15, -0.1) is 12.4 Å². The van der Waals surface area contributed by atoms with Crippen molar-refractivity contribution >= 4 is 18.3 Å². The standard InChI is InChI=1S/C12H22N2O.ClH/c1-9-5-3-4-6-14(9)12(15)10(2)11-7-13-8-11;/h9-11,13H,3-8H2,1-2H3;1H. The minimum atomic E-state index is 0. The maximum atomic E-state index is 12.2. The topological polar surface area (TPSA) is 32.3 Å². The number of nitrogens with zero attached hydrogens (tertiary/aromatic N) is 1. The van der Waals surface area contributed by atoms with Gasteiger partial charge in [-0.2, -0.15) is 0 Å². The van der Waals surface area contributed by atoms with E-state index in [1.165, 1.54) is 19.3 Å². The number of halogens is 1. The van der Waals surface area contributed by atoms with Gasteiger partial charge in [0.05, 0.1) is 0 Å². The zero-order valence-electron chi connectivity index (χ0n) is 10.2. The molecule has 2 saturated heterocycles. The van der Waals surface area contributed by atoms with E-state index in [1.54, 1.807) is 0 Å². The molecule has 2 heterocycles. The zero-order chi connectivity index (χ0) is 10.8. The van der Waals surface area contributed by atoms with Crippen LogP contribution in [0.3, 0.4) is 0 Å². The Morgan fingerprint density at radius 2 is 2.06 bits per heavy atom. The van der Waals surface area contributed by atoms with Crippen molar-refractivity contribution in [1.82, 2.24) is 10.2 Å². The predicted octanol–water partition coefficient (Wildman–Crippen LogP) is 1.66. The summed E-state index contributed by atoms with van der Waals surface area (Å²) in [6.45, 7) is 7.30. The van der Waals surface area contributed by atoms with Crippen LogP contribution in [0.15, 0.2) is 0 Å². The maximum absolute atomic E-state index is 12.2. The van der Waals surface area contributed by atoms with Gasteiger partial charge in [0.15, 0.2) is 0 Å². The molecule has 2 atom stereocenters. The average Bonchev–Trinajstić information content (AvgIpc) is 2.15. The first-order chi connectivity index (χ1) is 7.20. The van der Waals surface area contributed by atoms with Crippen LogP contribution in [0.2, 0.25) is 0 Å². The van der Waals surface area contributed by atoms with E-state index in [2.05, 4.69) is 24.1 Å². The molecule has 0 radical (unpaired) electrons. The second-order valence-corrected chi connectivity index (χ2v) is 5.08. The SMILES string of the molecule is CC(C(=O)N1CCCCC1C)C1CNC1.Cl. The Hall–Kier alpha value is -0.280. The first-order valence-electron chi connectivity index (χ1n) is 6.21. The summed E-state index contributed by atoms with van der Waals surface area (Å²) in [6, 6.07) is 0.460. The van der Waals surface area contributed by atoms with Crippen LogP contribution in [-0.4, -0.2) is 36.5 Å². The Kier molecular flexibility index (Phi) is 5.06. The Morgan fingerprint density at radius 1 is 1.38 bits per heavy atom. The number of hydrogen-bond acceptors (Lipinski definition) is 2. The molecule has 3 nitrogen and oxygen atoms in total. The van der Waals surface area contributed by atoms with Crippen LogP contribution in [0.5, 0.6) is 0 Å². The second kappa shape index (κ2) is 5.87. The summed E-state index contributed by atoms with van der Waals surface area (Å²) in [5, 5.41) is 3.24. The summed E-state index contributed by atoms with van der Waals surface area (Å²) < 4.78 is 0. The van der Waals surface area contributed by atoms with Crippen LogP contribution in [0.1, 0.15) is 33.1 Å². The summed E-state index contributed by atoms with van der Waals surface area (Å²) in [7, 11) is 0. The highest BCUT2D eigenvalue weighted by Crippen LogP contribution is 2.23. The molecule has 94 valence electrons. The molecule has 0 spiro atoms. The molecule has 0 aliphatic carbocycles. The van der Waals surface area contributed by atoms with Gasteiger partial charge < -0.3 is 10.2 Å². The van der Waals surface area contributed by atoms with Gasteiger partial charge in [-0.05, 0) is 45.2 Å². The van der Waals surface area contributed by atoms with Crippen molar-refractivity contribution < 1.29 is 4.79 Å². The highest BCUT2D eigenvalue weighted by atomic mass is 35.5. The molecule has 2 unspecified atom stereocenters. The summed E-state index contributed by atoms with van der Waals surface area (Å²) in [6.07, 6.45) is 3.65. The molecule has 1 N–H and O–H groups in total. The highest BCUT2D eigenvalue weighted by Gasteiger charge is 2.33. The number of carbonyl (C=O) groups is 1. The molecule has 16 heavy (non-hydrogen) atoms. The Balaban J connectivity index is 0.00000128. The van der Waals surface area contributed by atoms with E-state index >= 15 is 0 Å². The first-order valence-corrected chi connectivity index (χ1v) is 6.21. The molecule has 1 amide bonds. The molecule has 0 saturated carbocycles. The number of carbonyl (C=O) groups excluding carboxylic acids is 1. The lowest BCUT2D eigenvalue weighted by atomic mass is 9.87. The smallest absolute Gasteiger partial charge is 0.226 e. The Bertz CT molecular complexity index is 243. The molecule has 2 aliphatic rings. The van der Waals surface area contributed by atoms with Gasteiger partial charge in [-0.1, -0.05) is 6.92 Å². The maximum Gasteiger partial charge on any atom is 0.226 e. The molecule has 0 aromatic rings. The Labute approximate surface area is 104 Å². The summed E-state index contributed by atoms with van der Waals surface area (Å²) in [5.41, 5.74) is 0. The minimum absolute atomic E-state index is 0. The van der Waals surface area contributed by atoms with Crippen molar-refractivity contribution in [1.29, 1.82) is 0 Å². The number of rotatable bonds is 2. The molecule has 2 aliphatic heterocycles. The van der Waals surface area contributed by atoms with Gasteiger partial charge in [-0.3, -0.25) is 4.79 Å². The second-order valence-electron chi connectivity index (χ2n) is 5.08. The van der Waals surface area contributed by atoms with Crippen LogP contribution in [0.25, 0.3) is 0 Å². The number of amides is 1. The van der Waals surface area contributed by atoms with Crippen LogP contribution in [0.4, 0.5) is 0 Å². The summed E-state index contributed by atoms with van der Waals surface area (Å²) in [4.78, 5) is 14.3. The monoisotopic (exact) mass is 246 g/mol. The summed E-state index contributed by atoms with van der Waals surface area (Å²) in [5.74, 6) is 1.17. The number of hydrogen-bond donors (Lipinski definition) is 1. The zero-order valence-corrected chi connectivity index (χ0v) is 11.1. The van der Waals surface area contributed by atoms with E-state index in [0.29, 0.717) is 17.9 Å². The van der Waals surface area contributed by atoms with Crippen molar-refractivity contribution in [2.75, 3.05) is 19.6 Å². The molecule has 0 aromatic carbocycles. The van der Waals surface area contributed by atoms with Gasteiger partial charge in [0.1, 0.15) is 0 Å². The van der Waals surface area contributed by atoms with Crippen molar-refractivity contribution in [2.45, 2.75) is 39.2 Å². The van der Waals surface area contributed by atoms with Crippen LogP contribution >= 0.6 is 12.4 Å². The number of likely N-dealkylation sites (tertiary alicyclic amines) is 1. The lowest BCUT2D eigenvalue weighted by Crippen LogP contribution is -2.52. The van der Waals surface area contributed by atoms with E-state index in [0.717, 1.165) is 19.6 Å². The fourth-order valence-electron chi connectivity index (χ4n) is 2.55. The van der Waals surface area contributed by atoms with E-state index < -0.39 is 0 Å². The van der Waals surface area contributed by atoms with Gasteiger partial charge in [0, 0.05) is 18.5 Å². The van der Waals surface area contributed by atoms with E-state index in [4.69, 9.17) is 0 Å². The van der Waals surface area contributed by atoms with Gasteiger partial charge in [0.2, 0.25) is 5.91 Å². The highest BCUT2D eigenvalue weighted by molar-refractivity contribution is 5.85. The lowest BCUT2D eigenvalue weighted by Gasteiger charge is -2.39. The lowest BCUT2D eigenvalue weighted by molar-refractivity contribution is -0.140. The number of piperidine rings is 1. The molecular formula is C12H23ClN2O. The van der Waals surface area contributed by atoms with E-state index in [-0.39, 0.29) is 18.3 Å². The average molecular weight is 247 g/mol. The van der Waals surface area contributed by atoms with Crippen molar-refractivity contribution in [3.8, 4) is 0 Å². The molecule has 2 rings (SSSR count). The number of nitrogens with one attached hydrogen (secondary N) is 1. The normalized spacial score (nSPS) is 27.9. The molecule has 0 bridgehead atoms. The fourth-order valence-corrected chi connectivity index (χ4v) is 2.55. The predicted molar refractivity (Wildman–Crippen MR) is 67.8 cm³/mol. The third-order valence-corrected chi connectivity index (χ3v) is 4.00. The minimum Gasteiger partial charge on any atom is -0.340 e. The van der Waals surface area contributed by atoms with Crippen molar-refractivity contribution in [3.63, 3.8) is 0 Å². The van der Waals surface area contributed by atoms with Crippen molar-refractivity contribution in [3.05, 3.63) is 0 Å². The molecule has 0 aromatic heterocycles. The van der Waals surface area contributed by atoms with Crippen molar-refractivity contribution in [2.24, 2.45) is 11.8 Å². The van der Waals surface area contributed by atoms with Gasteiger partial charge >= 0.3 is 0 Å². The van der Waals surface area contributed by atoms with E-state index in [1.807, 2.05) is 0 Å². The van der Waals surface area contributed by atoms with E-state index in [9.17, 15) is 4.79 Å². The Morgan fingerprint density at radius 3 is 2.56 bits per heavy atom.